The summed E-state index contributed by atoms with van der Waals surface area (Å²) < 4.78 is 53.0. The SMILES string of the molecule is C[C@@H](NC(=O)[C@@H]1CCCN(S(=O)(=O)c2ccc(F)cc2)C1)c1ccc(F)cc1. The lowest BCUT2D eigenvalue weighted by molar-refractivity contribution is -0.126. The Balaban J connectivity index is 1.67. The Hall–Kier alpha value is -2.32. The van der Waals surface area contributed by atoms with Crippen LogP contribution in [-0.2, 0) is 14.8 Å². The van der Waals surface area contributed by atoms with Crippen molar-refractivity contribution in [3.63, 3.8) is 0 Å². The Bertz CT molecular complexity index is 931. The lowest BCUT2D eigenvalue weighted by Crippen LogP contribution is -2.45. The summed E-state index contributed by atoms with van der Waals surface area (Å²) in [7, 11) is -3.79. The molecule has 0 unspecified atom stereocenters. The quantitative estimate of drug-likeness (QED) is 0.826. The van der Waals surface area contributed by atoms with Crippen LogP contribution in [0.15, 0.2) is 53.4 Å². The van der Waals surface area contributed by atoms with Gasteiger partial charge in [0.05, 0.1) is 16.9 Å². The summed E-state index contributed by atoms with van der Waals surface area (Å²) in [6.45, 7) is 2.18. The zero-order valence-electron chi connectivity index (χ0n) is 15.4. The molecule has 1 amide bonds. The minimum atomic E-state index is -3.79. The summed E-state index contributed by atoms with van der Waals surface area (Å²) in [5, 5.41) is 2.87. The average Bonchev–Trinajstić information content (AvgIpc) is 2.69. The maximum atomic E-state index is 13.1. The number of nitrogens with zero attached hydrogens (tertiary/aromatic N) is 1. The van der Waals surface area contributed by atoms with E-state index in [4.69, 9.17) is 0 Å². The van der Waals surface area contributed by atoms with Crippen molar-refractivity contribution >= 4 is 15.9 Å². The van der Waals surface area contributed by atoms with E-state index >= 15 is 0 Å². The second kappa shape index (κ2) is 8.36. The van der Waals surface area contributed by atoms with Crippen LogP contribution in [0.1, 0.15) is 31.4 Å². The van der Waals surface area contributed by atoms with Crippen LogP contribution in [0.2, 0.25) is 0 Å². The maximum absolute atomic E-state index is 13.1. The molecule has 1 aliphatic heterocycles. The van der Waals surface area contributed by atoms with Crippen molar-refractivity contribution in [3.8, 4) is 0 Å². The highest BCUT2D eigenvalue weighted by Gasteiger charge is 2.33. The van der Waals surface area contributed by atoms with Crippen LogP contribution >= 0.6 is 0 Å². The highest BCUT2D eigenvalue weighted by molar-refractivity contribution is 7.89. The second-order valence-electron chi connectivity index (χ2n) is 6.94. The first-order chi connectivity index (χ1) is 13.3. The van der Waals surface area contributed by atoms with Crippen LogP contribution in [0, 0.1) is 17.6 Å². The highest BCUT2D eigenvalue weighted by atomic mass is 32.2. The Morgan fingerprint density at radius 3 is 2.25 bits per heavy atom. The molecule has 2 aromatic carbocycles. The molecule has 2 aromatic rings. The smallest absolute Gasteiger partial charge is 0.243 e. The largest absolute Gasteiger partial charge is 0.349 e. The van der Waals surface area contributed by atoms with Crippen LogP contribution in [0.4, 0.5) is 8.78 Å². The van der Waals surface area contributed by atoms with Crippen molar-refractivity contribution in [2.75, 3.05) is 13.1 Å². The van der Waals surface area contributed by atoms with Gasteiger partial charge < -0.3 is 5.32 Å². The molecule has 28 heavy (non-hydrogen) atoms. The summed E-state index contributed by atoms with van der Waals surface area (Å²) in [5.74, 6) is -1.58. The summed E-state index contributed by atoms with van der Waals surface area (Å²) in [6.07, 6.45) is 1.14. The van der Waals surface area contributed by atoms with Crippen LogP contribution < -0.4 is 5.32 Å². The number of piperidine rings is 1. The number of carbonyl (C=O) groups excluding carboxylic acids is 1. The summed E-state index contributed by atoms with van der Waals surface area (Å²) in [4.78, 5) is 12.7. The number of hydrogen-bond donors (Lipinski definition) is 1. The fourth-order valence-corrected chi connectivity index (χ4v) is 4.82. The Morgan fingerprint density at radius 2 is 1.64 bits per heavy atom. The molecule has 0 saturated carbocycles. The molecule has 1 fully saturated rings. The predicted molar refractivity (Wildman–Crippen MR) is 101 cm³/mol. The van der Waals surface area contributed by atoms with Gasteiger partial charge >= 0.3 is 0 Å². The Morgan fingerprint density at radius 1 is 1.07 bits per heavy atom. The molecule has 150 valence electrons. The van der Waals surface area contributed by atoms with E-state index in [2.05, 4.69) is 5.32 Å². The normalized spacial score (nSPS) is 19.2. The second-order valence-corrected chi connectivity index (χ2v) is 8.88. The maximum Gasteiger partial charge on any atom is 0.243 e. The van der Waals surface area contributed by atoms with E-state index in [1.807, 2.05) is 0 Å². The van der Waals surface area contributed by atoms with E-state index in [-0.39, 0.29) is 29.2 Å². The van der Waals surface area contributed by atoms with E-state index in [0.29, 0.717) is 19.4 Å². The number of carbonyl (C=O) groups is 1. The molecule has 0 radical (unpaired) electrons. The minimum Gasteiger partial charge on any atom is -0.349 e. The van der Waals surface area contributed by atoms with Gasteiger partial charge in [-0.3, -0.25) is 4.79 Å². The fraction of sp³-hybridized carbons (Fsp3) is 0.350. The van der Waals surface area contributed by atoms with Gasteiger partial charge in [0, 0.05) is 13.1 Å². The Kier molecular flexibility index (Phi) is 6.10. The van der Waals surface area contributed by atoms with Crippen molar-refractivity contribution in [1.29, 1.82) is 0 Å². The number of rotatable bonds is 5. The molecule has 1 heterocycles. The van der Waals surface area contributed by atoms with Gasteiger partial charge in [-0.05, 0) is 61.7 Å². The molecule has 2 atom stereocenters. The van der Waals surface area contributed by atoms with Gasteiger partial charge in [0.25, 0.3) is 0 Å². The van der Waals surface area contributed by atoms with Gasteiger partial charge in [-0.2, -0.15) is 4.31 Å². The fourth-order valence-electron chi connectivity index (χ4n) is 3.30. The third kappa shape index (κ3) is 4.56. The average molecular weight is 408 g/mol. The van der Waals surface area contributed by atoms with E-state index in [9.17, 15) is 22.0 Å². The highest BCUT2D eigenvalue weighted by Crippen LogP contribution is 2.25. The summed E-state index contributed by atoms with van der Waals surface area (Å²) in [6, 6.07) is 10.2. The van der Waals surface area contributed by atoms with Gasteiger partial charge in [-0.1, -0.05) is 12.1 Å². The first kappa shape index (κ1) is 20.4. The van der Waals surface area contributed by atoms with E-state index < -0.39 is 21.8 Å². The topological polar surface area (TPSA) is 66.5 Å². The number of sulfonamides is 1. The minimum absolute atomic E-state index is 0.00892. The summed E-state index contributed by atoms with van der Waals surface area (Å²) >= 11 is 0. The molecule has 0 aromatic heterocycles. The molecule has 3 rings (SSSR count). The van der Waals surface area contributed by atoms with E-state index in [1.165, 1.54) is 28.6 Å². The summed E-state index contributed by atoms with van der Waals surface area (Å²) in [5.41, 5.74) is 0.765. The molecule has 5 nitrogen and oxygen atoms in total. The zero-order chi connectivity index (χ0) is 20.3. The lowest BCUT2D eigenvalue weighted by Gasteiger charge is -2.32. The molecule has 1 N–H and O–H groups in total. The monoisotopic (exact) mass is 408 g/mol. The van der Waals surface area contributed by atoms with Crippen molar-refractivity contribution < 1.29 is 22.0 Å². The molecule has 1 saturated heterocycles. The Labute approximate surface area is 163 Å². The predicted octanol–water partition coefficient (Wildman–Crippen LogP) is 3.24. The number of halogens is 2. The van der Waals surface area contributed by atoms with Crippen LogP contribution in [0.25, 0.3) is 0 Å². The molecular formula is C20H22F2N2O3S. The molecule has 8 heteroatoms. The van der Waals surface area contributed by atoms with Gasteiger partial charge in [-0.15, -0.1) is 0 Å². The molecular weight excluding hydrogens is 386 g/mol. The number of nitrogens with one attached hydrogen (secondary N) is 1. The van der Waals surface area contributed by atoms with Crippen LogP contribution in [0.3, 0.4) is 0 Å². The van der Waals surface area contributed by atoms with Gasteiger partial charge in [0.2, 0.25) is 15.9 Å². The third-order valence-corrected chi connectivity index (χ3v) is 6.81. The number of benzene rings is 2. The van der Waals surface area contributed by atoms with Crippen LogP contribution in [-0.4, -0.2) is 31.7 Å². The van der Waals surface area contributed by atoms with Gasteiger partial charge in [-0.25, -0.2) is 17.2 Å². The molecule has 0 aliphatic carbocycles. The van der Waals surface area contributed by atoms with Crippen molar-refractivity contribution in [3.05, 3.63) is 65.7 Å². The van der Waals surface area contributed by atoms with Crippen LogP contribution in [0.5, 0.6) is 0 Å². The molecule has 1 aliphatic rings. The van der Waals surface area contributed by atoms with Crippen molar-refractivity contribution in [2.45, 2.75) is 30.7 Å². The molecule has 0 bridgehead atoms. The standard InChI is InChI=1S/C20H22F2N2O3S/c1-14(15-4-6-17(21)7-5-15)23-20(25)16-3-2-12-24(13-16)28(26,27)19-10-8-18(22)9-11-19/h4-11,14,16H,2-3,12-13H2,1H3,(H,23,25)/t14-,16-/m1/s1. The molecule has 0 spiro atoms. The van der Waals surface area contributed by atoms with Gasteiger partial charge in [0.15, 0.2) is 0 Å². The third-order valence-electron chi connectivity index (χ3n) is 4.94. The number of hydrogen-bond acceptors (Lipinski definition) is 3. The number of amides is 1. The zero-order valence-corrected chi connectivity index (χ0v) is 16.3. The van der Waals surface area contributed by atoms with Crippen molar-refractivity contribution in [1.82, 2.24) is 9.62 Å². The lowest BCUT2D eigenvalue weighted by atomic mass is 9.98. The van der Waals surface area contributed by atoms with Crippen molar-refractivity contribution in [2.24, 2.45) is 5.92 Å². The first-order valence-corrected chi connectivity index (χ1v) is 10.5. The van der Waals surface area contributed by atoms with Gasteiger partial charge in [0.1, 0.15) is 11.6 Å². The van der Waals surface area contributed by atoms with E-state index in [1.54, 1.807) is 19.1 Å². The van der Waals surface area contributed by atoms with E-state index in [0.717, 1.165) is 17.7 Å². The first-order valence-electron chi connectivity index (χ1n) is 9.09.